The van der Waals surface area contributed by atoms with Gasteiger partial charge in [-0.1, -0.05) is 96.1 Å². The predicted molar refractivity (Wildman–Crippen MR) is 179 cm³/mol. The van der Waals surface area contributed by atoms with Crippen molar-refractivity contribution in [1.29, 1.82) is 0 Å². The van der Waals surface area contributed by atoms with Gasteiger partial charge in [-0.3, -0.25) is 4.79 Å². The van der Waals surface area contributed by atoms with Crippen molar-refractivity contribution in [3.8, 4) is 11.5 Å². The van der Waals surface area contributed by atoms with E-state index in [-0.39, 0.29) is 17.4 Å². The molecule has 1 amide bonds. The maximum Gasteiger partial charge on any atom is 0.326 e. The van der Waals surface area contributed by atoms with Crippen LogP contribution in [0.1, 0.15) is 82.3 Å². The van der Waals surface area contributed by atoms with Crippen LogP contribution in [0.4, 0.5) is 0 Å². The second kappa shape index (κ2) is 13.3. The lowest BCUT2D eigenvalue weighted by Crippen LogP contribution is -2.50. The number of nitrogens with one attached hydrogen (secondary N) is 1. The number of carbonyl (C=O) groups is 2. The molecule has 0 radical (unpaired) electrons. The summed E-state index contributed by atoms with van der Waals surface area (Å²) >= 11 is 0. The molecule has 7 nitrogen and oxygen atoms in total. The van der Waals surface area contributed by atoms with Crippen LogP contribution in [0.5, 0.6) is 11.5 Å². The summed E-state index contributed by atoms with van der Waals surface area (Å²) in [5.41, 5.74) is 4.52. The van der Waals surface area contributed by atoms with Crippen LogP contribution in [-0.4, -0.2) is 47.2 Å². The predicted octanol–water partition coefficient (Wildman–Crippen LogP) is 7.23. The lowest BCUT2D eigenvalue weighted by Gasteiger charge is -2.35. The van der Waals surface area contributed by atoms with E-state index in [4.69, 9.17) is 9.47 Å². The van der Waals surface area contributed by atoms with Crippen LogP contribution in [0.25, 0.3) is 0 Å². The Morgan fingerprint density at radius 1 is 0.933 bits per heavy atom. The number of carboxylic acids is 1. The first-order chi connectivity index (χ1) is 21.1. The molecule has 1 fully saturated rings. The van der Waals surface area contributed by atoms with E-state index < -0.39 is 35.5 Å². The van der Waals surface area contributed by atoms with Gasteiger partial charge in [0.05, 0.1) is 13.2 Å². The summed E-state index contributed by atoms with van der Waals surface area (Å²) < 4.78 is 12.0. The van der Waals surface area contributed by atoms with Crippen molar-refractivity contribution in [2.24, 2.45) is 11.3 Å². The highest BCUT2D eigenvalue weighted by Crippen LogP contribution is 2.48. The minimum atomic E-state index is -1.08. The minimum Gasteiger partial charge on any atom is -0.496 e. The largest absolute Gasteiger partial charge is 0.496 e. The molecule has 4 rings (SSSR count). The number of hydrogen-bond donors (Lipinski definition) is 2. The Labute approximate surface area is 268 Å². The Morgan fingerprint density at radius 2 is 1.60 bits per heavy atom. The highest BCUT2D eigenvalue weighted by atomic mass is 16.5. The molecule has 1 heterocycles. The number of nitrogens with zero attached hydrogens (tertiary/aromatic N) is 1. The quantitative estimate of drug-likeness (QED) is 0.264. The fraction of sp³-hybridized carbons (Fsp3) is 0.474. The lowest BCUT2D eigenvalue weighted by atomic mass is 9.72. The first-order valence-corrected chi connectivity index (χ1v) is 15.8. The second-order valence-electron chi connectivity index (χ2n) is 14.4. The van der Waals surface area contributed by atoms with Gasteiger partial charge in [-0.2, -0.15) is 0 Å². The van der Waals surface area contributed by atoms with Crippen LogP contribution in [0.3, 0.4) is 0 Å². The Morgan fingerprint density at radius 3 is 2.18 bits per heavy atom. The summed E-state index contributed by atoms with van der Waals surface area (Å²) in [4.78, 5) is 29.3. The summed E-state index contributed by atoms with van der Waals surface area (Å²) in [5.74, 6) is -0.432. The molecule has 2 N–H and O–H groups in total. The van der Waals surface area contributed by atoms with Crippen LogP contribution in [0.2, 0.25) is 0 Å². The number of carbonyl (C=O) groups excluding carboxylic acids is 1. The third-order valence-corrected chi connectivity index (χ3v) is 9.20. The zero-order valence-corrected chi connectivity index (χ0v) is 28.5. The van der Waals surface area contributed by atoms with Crippen molar-refractivity contribution in [3.63, 3.8) is 0 Å². The van der Waals surface area contributed by atoms with Gasteiger partial charge < -0.3 is 24.8 Å². The fourth-order valence-corrected chi connectivity index (χ4v) is 6.64. The molecule has 1 aliphatic heterocycles. The van der Waals surface area contributed by atoms with Gasteiger partial charge in [0.15, 0.2) is 6.10 Å². The molecule has 1 saturated heterocycles. The third kappa shape index (κ3) is 7.19. The monoisotopic (exact) mass is 614 g/mol. The van der Waals surface area contributed by atoms with E-state index in [1.54, 1.807) is 18.9 Å². The number of rotatable bonds is 9. The topological polar surface area (TPSA) is 88.1 Å². The van der Waals surface area contributed by atoms with E-state index in [1.807, 2.05) is 68.4 Å². The second-order valence-corrected chi connectivity index (χ2v) is 14.4. The molecule has 3 aromatic rings. The molecule has 0 aliphatic carbocycles. The molecule has 1 aliphatic rings. The summed E-state index contributed by atoms with van der Waals surface area (Å²) in [6.45, 7) is 18.8. The number of aliphatic carboxylic acids is 1. The van der Waals surface area contributed by atoms with Gasteiger partial charge in [0.2, 0.25) is 0 Å². The van der Waals surface area contributed by atoms with Crippen molar-refractivity contribution >= 4 is 11.9 Å². The highest BCUT2D eigenvalue weighted by molar-refractivity contribution is 5.88. The van der Waals surface area contributed by atoms with E-state index in [2.05, 4.69) is 59.0 Å². The molecule has 242 valence electrons. The van der Waals surface area contributed by atoms with Crippen molar-refractivity contribution in [2.45, 2.75) is 98.5 Å². The maximum atomic E-state index is 14.5. The zero-order chi connectivity index (χ0) is 33.3. The van der Waals surface area contributed by atoms with E-state index in [0.29, 0.717) is 12.3 Å². The van der Waals surface area contributed by atoms with Crippen LogP contribution >= 0.6 is 0 Å². The number of hydrogen-bond acceptors (Lipinski definition) is 5. The van der Waals surface area contributed by atoms with E-state index in [9.17, 15) is 14.7 Å². The number of carboxylic acid groups (broad SMARTS) is 1. The van der Waals surface area contributed by atoms with Gasteiger partial charge in [0.1, 0.15) is 17.5 Å². The smallest absolute Gasteiger partial charge is 0.326 e. The van der Waals surface area contributed by atoms with Crippen LogP contribution < -0.4 is 14.8 Å². The number of benzene rings is 3. The molecule has 0 aromatic heterocycles. The molecule has 5 atom stereocenters. The molecular weight excluding hydrogens is 564 g/mol. The minimum absolute atomic E-state index is 0.0572. The normalized spacial score (nSPS) is 21.0. The summed E-state index contributed by atoms with van der Waals surface area (Å²) in [5, 5.41) is 14.6. The molecule has 3 aromatic carbocycles. The zero-order valence-electron chi connectivity index (χ0n) is 28.5. The van der Waals surface area contributed by atoms with Gasteiger partial charge in [-0.25, -0.2) is 4.79 Å². The Kier molecular flexibility index (Phi) is 10.0. The van der Waals surface area contributed by atoms with Gasteiger partial charge in [0, 0.05) is 24.1 Å². The number of aryl methyl sites for hydroxylation is 1. The third-order valence-electron chi connectivity index (χ3n) is 9.20. The van der Waals surface area contributed by atoms with E-state index in [0.717, 1.165) is 28.0 Å². The summed E-state index contributed by atoms with van der Waals surface area (Å²) in [7, 11) is 1.66. The van der Waals surface area contributed by atoms with Crippen molar-refractivity contribution in [1.82, 2.24) is 10.2 Å². The van der Waals surface area contributed by atoms with Gasteiger partial charge in [-0.05, 0) is 66.0 Å². The average molecular weight is 615 g/mol. The molecular formula is C38H50N2O5. The standard InChI is InChI=1S/C38H50N2O5/c1-23-15-14-18-29(24(23)2)45-25(3)35(41)40-33(26-16-12-11-13-17-26)32(31(38(7,8)9)34(40)36(42)43)39-22-27-21-28(37(4,5)6)19-20-30(27)44-10/h11-21,25,31-34,39H,22H2,1-10H3,(H,42,43)/t25?,31-,32-,33-,34-/m0/s1. The van der Waals surface area contributed by atoms with Gasteiger partial charge >= 0.3 is 5.97 Å². The molecule has 45 heavy (non-hydrogen) atoms. The Bertz CT molecular complexity index is 1500. The van der Waals surface area contributed by atoms with Crippen molar-refractivity contribution in [3.05, 3.63) is 94.5 Å². The van der Waals surface area contributed by atoms with Gasteiger partial charge in [-0.15, -0.1) is 0 Å². The first-order valence-electron chi connectivity index (χ1n) is 15.8. The number of methoxy groups -OCH3 is 1. The Hall–Kier alpha value is -3.84. The molecule has 7 heteroatoms. The van der Waals surface area contributed by atoms with Gasteiger partial charge in [0.25, 0.3) is 5.91 Å². The highest BCUT2D eigenvalue weighted by Gasteiger charge is 2.58. The SMILES string of the molecule is COc1ccc(C(C)(C)C)cc1CN[C@H]1[C@H](C(C)(C)C)[C@@H](C(=O)O)N(C(=O)C(C)Oc2cccc(C)c2C)[C@H]1c1ccccc1. The van der Waals surface area contributed by atoms with Crippen molar-refractivity contribution in [2.75, 3.05) is 7.11 Å². The molecule has 0 saturated carbocycles. The van der Waals surface area contributed by atoms with E-state index >= 15 is 0 Å². The fourth-order valence-electron chi connectivity index (χ4n) is 6.64. The summed E-state index contributed by atoms with van der Waals surface area (Å²) in [6.07, 6.45) is -0.901. The molecule has 0 bridgehead atoms. The maximum absolute atomic E-state index is 14.5. The Balaban J connectivity index is 1.81. The number of amides is 1. The number of ether oxygens (including phenoxy) is 2. The molecule has 0 spiro atoms. The van der Waals surface area contributed by atoms with Crippen molar-refractivity contribution < 1.29 is 24.2 Å². The van der Waals surface area contributed by atoms with E-state index in [1.165, 1.54) is 5.56 Å². The van der Waals surface area contributed by atoms with Crippen LogP contribution in [0.15, 0.2) is 66.7 Å². The van der Waals surface area contributed by atoms with Crippen LogP contribution in [-0.2, 0) is 21.5 Å². The number of likely N-dealkylation sites (tertiary alicyclic amines) is 1. The average Bonchev–Trinajstić information content (AvgIpc) is 3.34. The lowest BCUT2D eigenvalue weighted by molar-refractivity contribution is -0.155. The summed E-state index contributed by atoms with van der Waals surface area (Å²) in [6, 6.07) is 19.7. The van der Waals surface area contributed by atoms with Crippen LogP contribution in [0, 0.1) is 25.2 Å². The first kappa shape index (κ1) is 34.0. The molecule has 1 unspecified atom stereocenters.